The van der Waals surface area contributed by atoms with Gasteiger partial charge in [-0.1, -0.05) is 72.5 Å². The molecule has 1 fully saturated rings. The molecular weight excluding hydrogens is 354 g/mol. The molecule has 126 valence electrons. The number of hydrogen-bond acceptors (Lipinski definition) is 4. The van der Waals surface area contributed by atoms with Gasteiger partial charge in [0, 0.05) is 6.54 Å². The van der Waals surface area contributed by atoms with E-state index in [4.69, 9.17) is 17.3 Å². The summed E-state index contributed by atoms with van der Waals surface area (Å²) in [6.07, 6.45) is 1.68. The summed E-state index contributed by atoms with van der Waals surface area (Å²) in [6, 6.07) is 17.9. The number of nitrogens with zero attached hydrogens (tertiary/aromatic N) is 1. The summed E-state index contributed by atoms with van der Waals surface area (Å²) in [5.74, 6) is -1.19. The second-order valence-corrected chi connectivity index (χ2v) is 7.14. The Kier molecular flexibility index (Phi) is 5.31. The van der Waals surface area contributed by atoms with E-state index in [0.717, 1.165) is 16.7 Å². The zero-order valence-corrected chi connectivity index (χ0v) is 14.8. The van der Waals surface area contributed by atoms with E-state index < -0.39 is 5.97 Å². The molecular formula is C19H15NO3S2. The average Bonchev–Trinajstić information content (AvgIpc) is 2.87. The monoisotopic (exact) mass is 369 g/mol. The number of rotatable bonds is 5. The Bertz CT molecular complexity index is 862. The zero-order valence-electron chi connectivity index (χ0n) is 13.2. The number of carbonyl (C=O) groups excluding carboxylic acids is 1. The molecule has 6 heteroatoms. The topological polar surface area (TPSA) is 57.6 Å². The molecule has 0 saturated carbocycles. The first-order valence-corrected chi connectivity index (χ1v) is 8.90. The predicted octanol–water partition coefficient (Wildman–Crippen LogP) is 4.03. The standard InChI is InChI=1S/C19H15NO3S2/c21-17(22)9-10-20-18(23)16(25-19(20)24)12-13-5-4-8-15(11-13)14-6-2-1-3-7-14/h1-8,11-12H,9-10H2,(H,21,22). The van der Waals surface area contributed by atoms with Crippen LogP contribution in [-0.2, 0) is 9.59 Å². The quantitative estimate of drug-likeness (QED) is 0.637. The fourth-order valence-corrected chi connectivity index (χ4v) is 3.80. The van der Waals surface area contributed by atoms with Crippen molar-refractivity contribution in [2.24, 2.45) is 0 Å². The molecule has 0 atom stereocenters. The molecule has 1 N–H and O–H groups in total. The van der Waals surface area contributed by atoms with E-state index >= 15 is 0 Å². The van der Waals surface area contributed by atoms with Crippen LogP contribution in [0.3, 0.4) is 0 Å². The molecule has 2 aromatic carbocycles. The zero-order chi connectivity index (χ0) is 17.8. The van der Waals surface area contributed by atoms with Crippen LogP contribution in [0.25, 0.3) is 17.2 Å². The number of carboxylic acids is 1. The minimum Gasteiger partial charge on any atom is -0.481 e. The van der Waals surface area contributed by atoms with Gasteiger partial charge in [0.05, 0.1) is 11.3 Å². The minimum absolute atomic E-state index is 0.0986. The second kappa shape index (κ2) is 7.63. The Balaban J connectivity index is 1.83. The number of thioether (sulfide) groups is 1. The van der Waals surface area contributed by atoms with Crippen molar-refractivity contribution in [3.8, 4) is 11.1 Å². The highest BCUT2D eigenvalue weighted by Crippen LogP contribution is 2.33. The van der Waals surface area contributed by atoms with Crippen LogP contribution in [0.2, 0.25) is 0 Å². The van der Waals surface area contributed by atoms with Crippen LogP contribution >= 0.6 is 24.0 Å². The Morgan fingerprint density at radius 1 is 1.12 bits per heavy atom. The van der Waals surface area contributed by atoms with Gasteiger partial charge in [0.2, 0.25) is 0 Å². The summed E-state index contributed by atoms with van der Waals surface area (Å²) >= 11 is 6.41. The van der Waals surface area contributed by atoms with Gasteiger partial charge in [-0.25, -0.2) is 0 Å². The molecule has 0 bridgehead atoms. The molecule has 25 heavy (non-hydrogen) atoms. The first-order valence-electron chi connectivity index (χ1n) is 7.67. The van der Waals surface area contributed by atoms with E-state index in [0.29, 0.717) is 9.23 Å². The van der Waals surface area contributed by atoms with Gasteiger partial charge in [-0.05, 0) is 28.8 Å². The molecule has 2 aromatic rings. The number of benzene rings is 2. The summed E-state index contributed by atoms with van der Waals surface area (Å²) in [6.45, 7) is 0.0986. The van der Waals surface area contributed by atoms with E-state index in [1.54, 1.807) is 6.08 Å². The summed E-state index contributed by atoms with van der Waals surface area (Å²) in [7, 11) is 0. The summed E-state index contributed by atoms with van der Waals surface area (Å²) < 4.78 is 0.400. The van der Waals surface area contributed by atoms with Crippen LogP contribution in [0.4, 0.5) is 0 Å². The molecule has 0 radical (unpaired) electrons. The van der Waals surface area contributed by atoms with Crippen molar-refractivity contribution in [2.45, 2.75) is 6.42 Å². The van der Waals surface area contributed by atoms with Gasteiger partial charge >= 0.3 is 5.97 Å². The highest BCUT2D eigenvalue weighted by atomic mass is 32.2. The van der Waals surface area contributed by atoms with Crippen molar-refractivity contribution in [3.05, 3.63) is 65.1 Å². The molecule has 0 unspecified atom stereocenters. The fraction of sp³-hybridized carbons (Fsp3) is 0.105. The van der Waals surface area contributed by atoms with Crippen LogP contribution in [0.5, 0.6) is 0 Å². The normalized spacial score (nSPS) is 15.8. The first-order chi connectivity index (χ1) is 12.0. The van der Waals surface area contributed by atoms with E-state index in [2.05, 4.69) is 0 Å². The number of hydrogen-bond donors (Lipinski definition) is 1. The molecule has 0 aliphatic carbocycles. The third-order valence-corrected chi connectivity index (χ3v) is 5.09. The third-order valence-electron chi connectivity index (χ3n) is 3.71. The minimum atomic E-state index is -0.950. The maximum Gasteiger partial charge on any atom is 0.305 e. The Morgan fingerprint density at radius 2 is 1.84 bits per heavy atom. The summed E-state index contributed by atoms with van der Waals surface area (Å²) in [5.41, 5.74) is 3.07. The van der Waals surface area contributed by atoms with Gasteiger partial charge in [0.25, 0.3) is 5.91 Å². The van der Waals surface area contributed by atoms with Gasteiger partial charge < -0.3 is 5.11 Å². The Morgan fingerprint density at radius 3 is 2.56 bits per heavy atom. The van der Waals surface area contributed by atoms with Crippen LogP contribution in [-0.4, -0.2) is 32.7 Å². The molecule has 3 rings (SSSR count). The summed E-state index contributed by atoms with van der Waals surface area (Å²) in [4.78, 5) is 25.0. The number of carbonyl (C=O) groups is 2. The van der Waals surface area contributed by atoms with E-state index in [1.807, 2.05) is 54.6 Å². The van der Waals surface area contributed by atoms with Crippen LogP contribution in [0, 0.1) is 0 Å². The first kappa shape index (κ1) is 17.4. The van der Waals surface area contributed by atoms with Crippen LogP contribution in [0.15, 0.2) is 59.5 Å². The van der Waals surface area contributed by atoms with Gasteiger partial charge in [0.1, 0.15) is 4.32 Å². The van der Waals surface area contributed by atoms with Crippen molar-refractivity contribution in [1.29, 1.82) is 0 Å². The average molecular weight is 369 g/mol. The number of thiocarbonyl (C=S) groups is 1. The maximum absolute atomic E-state index is 12.4. The summed E-state index contributed by atoms with van der Waals surface area (Å²) in [5, 5.41) is 8.78. The number of carboxylic acid groups (broad SMARTS) is 1. The Hall–Kier alpha value is -2.44. The lowest BCUT2D eigenvalue weighted by molar-refractivity contribution is -0.137. The van der Waals surface area contributed by atoms with Crippen molar-refractivity contribution in [1.82, 2.24) is 4.90 Å². The van der Waals surface area contributed by atoms with Crippen molar-refractivity contribution in [2.75, 3.05) is 6.54 Å². The van der Waals surface area contributed by atoms with Crippen LogP contribution in [0.1, 0.15) is 12.0 Å². The van der Waals surface area contributed by atoms with Crippen molar-refractivity contribution < 1.29 is 14.7 Å². The van der Waals surface area contributed by atoms with Gasteiger partial charge in [-0.2, -0.15) is 0 Å². The van der Waals surface area contributed by atoms with Crippen LogP contribution < -0.4 is 0 Å². The number of amides is 1. The lowest BCUT2D eigenvalue weighted by atomic mass is 10.0. The predicted molar refractivity (Wildman–Crippen MR) is 104 cm³/mol. The maximum atomic E-state index is 12.4. The molecule has 1 aliphatic heterocycles. The largest absolute Gasteiger partial charge is 0.481 e. The van der Waals surface area contributed by atoms with E-state index in [9.17, 15) is 9.59 Å². The smallest absolute Gasteiger partial charge is 0.305 e. The SMILES string of the molecule is O=C(O)CCN1C(=O)C(=Cc2cccc(-c3ccccc3)c2)SC1=S. The van der Waals surface area contributed by atoms with E-state index in [1.165, 1.54) is 16.7 Å². The highest BCUT2D eigenvalue weighted by Gasteiger charge is 2.31. The highest BCUT2D eigenvalue weighted by molar-refractivity contribution is 8.26. The third kappa shape index (κ3) is 4.15. The molecule has 0 aromatic heterocycles. The van der Waals surface area contributed by atoms with Gasteiger partial charge in [0.15, 0.2) is 0 Å². The van der Waals surface area contributed by atoms with Crippen molar-refractivity contribution >= 4 is 46.3 Å². The molecule has 1 saturated heterocycles. The van der Waals surface area contributed by atoms with Crippen molar-refractivity contribution in [3.63, 3.8) is 0 Å². The van der Waals surface area contributed by atoms with Gasteiger partial charge in [-0.3, -0.25) is 14.5 Å². The number of aliphatic carboxylic acids is 1. The molecule has 1 heterocycles. The Labute approximate surface area is 155 Å². The molecule has 1 aliphatic rings. The molecule has 1 amide bonds. The lowest BCUT2D eigenvalue weighted by Gasteiger charge is -2.12. The fourth-order valence-electron chi connectivity index (χ4n) is 2.49. The second-order valence-electron chi connectivity index (χ2n) is 5.47. The molecule has 4 nitrogen and oxygen atoms in total. The van der Waals surface area contributed by atoms with Gasteiger partial charge in [-0.15, -0.1) is 0 Å². The van der Waals surface area contributed by atoms with E-state index in [-0.39, 0.29) is 18.9 Å². The molecule has 0 spiro atoms. The lowest BCUT2D eigenvalue weighted by Crippen LogP contribution is -2.30.